The summed E-state index contributed by atoms with van der Waals surface area (Å²) in [5.41, 5.74) is 3.59. The van der Waals surface area contributed by atoms with E-state index in [9.17, 15) is 9.59 Å². The molecule has 0 unspecified atom stereocenters. The highest BCUT2D eigenvalue weighted by Gasteiger charge is 2.19. The lowest BCUT2D eigenvalue weighted by Gasteiger charge is -2.28. The van der Waals surface area contributed by atoms with Crippen LogP contribution in [-0.2, 0) is 17.7 Å². The van der Waals surface area contributed by atoms with Crippen LogP contribution in [0.1, 0.15) is 31.8 Å². The number of carbonyl (C=O) groups is 2. The molecule has 146 valence electrons. The summed E-state index contributed by atoms with van der Waals surface area (Å²) in [6.45, 7) is 1.57. The van der Waals surface area contributed by atoms with Gasteiger partial charge in [-0.15, -0.1) is 0 Å². The molecule has 2 heterocycles. The van der Waals surface area contributed by atoms with Crippen LogP contribution in [0.2, 0.25) is 0 Å². The van der Waals surface area contributed by atoms with Crippen molar-refractivity contribution in [2.75, 3.05) is 23.9 Å². The minimum absolute atomic E-state index is 0.285. The molecular formula is C22H20N4O3. The molecule has 1 amide bonds. The first kappa shape index (κ1) is 18.6. The predicted molar refractivity (Wildman–Crippen MR) is 109 cm³/mol. The molecule has 0 bridgehead atoms. The molecule has 0 saturated heterocycles. The minimum Gasteiger partial charge on any atom is -0.465 e. The monoisotopic (exact) mass is 388 g/mol. The van der Waals surface area contributed by atoms with Crippen LogP contribution in [0.5, 0.6) is 0 Å². The lowest BCUT2D eigenvalue weighted by molar-refractivity contribution is 0.0602. The fourth-order valence-corrected chi connectivity index (χ4v) is 3.34. The zero-order chi connectivity index (χ0) is 20.2. The third-order valence-corrected chi connectivity index (χ3v) is 4.89. The van der Waals surface area contributed by atoms with E-state index in [1.165, 1.54) is 30.6 Å². The molecule has 1 N–H and O–H groups in total. The Morgan fingerprint density at radius 3 is 2.45 bits per heavy atom. The number of nitrogens with one attached hydrogen (secondary N) is 1. The highest BCUT2D eigenvalue weighted by atomic mass is 16.5. The van der Waals surface area contributed by atoms with Crippen LogP contribution < -0.4 is 10.2 Å². The number of nitrogens with zero attached hydrogens (tertiary/aromatic N) is 3. The maximum Gasteiger partial charge on any atom is 0.339 e. The smallest absolute Gasteiger partial charge is 0.339 e. The SMILES string of the molecule is COC(=O)c1ccccc1NC(=O)c1cnc(N2CCc3ccccc3C2)nc1. The van der Waals surface area contributed by atoms with Crippen LogP contribution in [0.3, 0.4) is 0 Å². The number of esters is 1. The van der Waals surface area contributed by atoms with Crippen molar-refractivity contribution in [2.24, 2.45) is 0 Å². The number of para-hydroxylation sites is 1. The van der Waals surface area contributed by atoms with Crippen LogP contribution in [0.25, 0.3) is 0 Å². The predicted octanol–water partition coefficient (Wildman–Crippen LogP) is 3.08. The first-order chi connectivity index (χ1) is 14.2. The molecule has 2 aromatic carbocycles. The van der Waals surface area contributed by atoms with Gasteiger partial charge in [-0.3, -0.25) is 4.79 Å². The second-order valence-corrected chi connectivity index (χ2v) is 6.70. The van der Waals surface area contributed by atoms with Gasteiger partial charge < -0.3 is 15.0 Å². The van der Waals surface area contributed by atoms with Crippen molar-refractivity contribution in [2.45, 2.75) is 13.0 Å². The zero-order valence-electron chi connectivity index (χ0n) is 16.0. The summed E-state index contributed by atoms with van der Waals surface area (Å²) in [4.78, 5) is 35.3. The Hall–Kier alpha value is -3.74. The Kier molecular flexibility index (Phi) is 5.20. The van der Waals surface area contributed by atoms with Gasteiger partial charge in [0.1, 0.15) is 0 Å². The van der Waals surface area contributed by atoms with Crippen molar-refractivity contribution in [1.82, 2.24) is 9.97 Å². The molecule has 4 rings (SSSR count). The highest BCUT2D eigenvalue weighted by Crippen LogP contribution is 2.22. The number of aromatic nitrogens is 2. The molecule has 7 heteroatoms. The number of fused-ring (bicyclic) bond motifs is 1. The number of benzene rings is 2. The molecule has 0 fully saturated rings. The molecule has 1 aromatic heterocycles. The average Bonchev–Trinajstić information content (AvgIpc) is 2.78. The quantitative estimate of drug-likeness (QED) is 0.692. The number of rotatable bonds is 4. The number of anilines is 2. The minimum atomic E-state index is -0.516. The van der Waals surface area contributed by atoms with Crippen LogP contribution in [-0.4, -0.2) is 35.5 Å². The lowest BCUT2D eigenvalue weighted by Crippen LogP contribution is -2.31. The van der Waals surface area contributed by atoms with Gasteiger partial charge in [-0.2, -0.15) is 0 Å². The largest absolute Gasteiger partial charge is 0.465 e. The molecule has 29 heavy (non-hydrogen) atoms. The van der Waals surface area contributed by atoms with Crippen LogP contribution in [0, 0.1) is 0 Å². The van der Waals surface area contributed by atoms with E-state index in [1.54, 1.807) is 24.3 Å². The number of ether oxygens (including phenoxy) is 1. The van der Waals surface area contributed by atoms with Gasteiger partial charge in [0.25, 0.3) is 5.91 Å². The van der Waals surface area contributed by atoms with E-state index in [-0.39, 0.29) is 5.56 Å². The second-order valence-electron chi connectivity index (χ2n) is 6.70. The van der Waals surface area contributed by atoms with Gasteiger partial charge in [-0.1, -0.05) is 36.4 Å². The van der Waals surface area contributed by atoms with Crippen molar-refractivity contribution >= 4 is 23.5 Å². The molecule has 1 aliphatic heterocycles. The third kappa shape index (κ3) is 3.94. The normalized spacial score (nSPS) is 12.8. The lowest BCUT2D eigenvalue weighted by atomic mass is 10.0. The first-order valence-electron chi connectivity index (χ1n) is 9.28. The van der Waals surface area contributed by atoms with Gasteiger partial charge in [-0.05, 0) is 29.7 Å². The van der Waals surface area contributed by atoms with E-state index >= 15 is 0 Å². The van der Waals surface area contributed by atoms with Crippen molar-refractivity contribution in [3.63, 3.8) is 0 Å². The van der Waals surface area contributed by atoms with Crippen LogP contribution in [0.15, 0.2) is 60.9 Å². The number of hydrogen-bond donors (Lipinski definition) is 1. The number of hydrogen-bond acceptors (Lipinski definition) is 6. The number of carbonyl (C=O) groups excluding carboxylic acids is 2. The zero-order valence-corrected chi connectivity index (χ0v) is 16.0. The summed E-state index contributed by atoms with van der Waals surface area (Å²) in [6.07, 6.45) is 3.93. The fraction of sp³-hybridized carbons (Fsp3) is 0.182. The molecule has 3 aromatic rings. The average molecular weight is 388 g/mol. The Bertz CT molecular complexity index is 1050. The summed E-state index contributed by atoms with van der Waals surface area (Å²) < 4.78 is 4.75. The molecule has 1 aliphatic rings. The van der Waals surface area contributed by atoms with Gasteiger partial charge in [0, 0.05) is 25.5 Å². The van der Waals surface area contributed by atoms with E-state index < -0.39 is 11.9 Å². The van der Waals surface area contributed by atoms with Gasteiger partial charge in [0.05, 0.1) is 23.9 Å². The Labute approximate surface area is 168 Å². The van der Waals surface area contributed by atoms with Crippen molar-refractivity contribution in [1.29, 1.82) is 0 Å². The molecular weight excluding hydrogens is 368 g/mol. The van der Waals surface area contributed by atoms with E-state index in [2.05, 4.69) is 38.4 Å². The van der Waals surface area contributed by atoms with Crippen LogP contribution in [0.4, 0.5) is 11.6 Å². The molecule has 7 nitrogen and oxygen atoms in total. The summed E-state index contributed by atoms with van der Waals surface area (Å²) in [5.74, 6) is -0.319. The summed E-state index contributed by atoms with van der Waals surface area (Å²) in [5, 5.41) is 2.72. The summed E-state index contributed by atoms with van der Waals surface area (Å²) in [6, 6.07) is 15.0. The Morgan fingerprint density at radius 1 is 1.00 bits per heavy atom. The fourth-order valence-electron chi connectivity index (χ4n) is 3.34. The standard InChI is InChI=1S/C22H20N4O3/c1-29-21(28)18-8-4-5-9-19(18)25-20(27)17-12-23-22(24-13-17)26-11-10-15-6-2-3-7-16(15)14-26/h2-9,12-13H,10-11,14H2,1H3,(H,25,27). The van der Waals surface area contributed by atoms with Crippen LogP contribution >= 0.6 is 0 Å². The van der Waals surface area contributed by atoms with E-state index in [0.717, 1.165) is 19.5 Å². The van der Waals surface area contributed by atoms with E-state index in [0.29, 0.717) is 17.2 Å². The van der Waals surface area contributed by atoms with Gasteiger partial charge in [0.2, 0.25) is 5.95 Å². The topological polar surface area (TPSA) is 84.4 Å². The van der Waals surface area contributed by atoms with Crippen molar-refractivity contribution in [3.8, 4) is 0 Å². The molecule has 0 aliphatic carbocycles. The molecule has 0 saturated carbocycles. The highest BCUT2D eigenvalue weighted by molar-refractivity contribution is 6.07. The first-order valence-corrected chi connectivity index (χ1v) is 9.28. The van der Waals surface area contributed by atoms with Crippen molar-refractivity contribution < 1.29 is 14.3 Å². The number of methoxy groups -OCH3 is 1. The van der Waals surface area contributed by atoms with Gasteiger partial charge in [0.15, 0.2) is 0 Å². The van der Waals surface area contributed by atoms with E-state index in [1.807, 2.05) is 6.07 Å². The second kappa shape index (κ2) is 8.10. The maximum atomic E-state index is 12.6. The Balaban J connectivity index is 1.48. The third-order valence-electron chi connectivity index (χ3n) is 4.89. The molecule has 0 spiro atoms. The van der Waals surface area contributed by atoms with Gasteiger partial charge >= 0.3 is 5.97 Å². The Morgan fingerprint density at radius 2 is 1.69 bits per heavy atom. The van der Waals surface area contributed by atoms with Gasteiger partial charge in [-0.25, -0.2) is 14.8 Å². The van der Waals surface area contributed by atoms with E-state index in [4.69, 9.17) is 4.74 Å². The maximum absolute atomic E-state index is 12.6. The number of amides is 1. The summed E-state index contributed by atoms with van der Waals surface area (Å²) >= 11 is 0. The summed E-state index contributed by atoms with van der Waals surface area (Å²) in [7, 11) is 1.30. The molecule has 0 atom stereocenters. The van der Waals surface area contributed by atoms with Crippen molar-refractivity contribution in [3.05, 3.63) is 83.2 Å². The molecule has 0 radical (unpaired) electrons.